The third kappa shape index (κ3) is 4.80. The van der Waals surface area contributed by atoms with Crippen LogP contribution in [0.15, 0.2) is 0 Å². The molecule has 1 fully saturated rings. The molecule has 1 aliphatic heterocycles. The quantitative estimate of drug-likeness (QED) is 0.761. The van der Waals surface area contributed by atoms with Crippen LogP contribution < -0.4 is 5.73 Å². The predicted molar refractivity (Wildman–Crippen MR) is 65.1 cm³/mol. The molecule has 1 atom stereocenters. The highest BCUT2D eigenvalue weighted by atomic mass is 32.2. The number of ether oxygens (including phenoxy) is 1. The van der Waals surface area contributed by atoms with Gasteiger partial charge in [-0.3, -0.25) is 0 Å². The topological polar surface area (TPSA) is 69.4 Å². The van der Waals surface area contributed by atoms with E-state index in [4.69, 9.17) is 10.5 Å². The van der Waals surface area contributed by atoms with Crippen molar-refractivity contribution in [1.82, 2.24) is 0 Å². The number of rotatable bonds is 6. The summed E-state index contributed by atoms with van der Waals surface area (Å²) in [4.78, 5) is 0. The minimum Gasteiger partial charge on any atom is -0.377 e. The van der Waals surface area contributed by atoms with Crippen LogP contribution in [0.4, 0.5) is 0 Å². The largest absolute Gasteiger partial charge is 0.377 e. The summed E-state index contributed by atoms with van der Waals surface area (Å²) in [7, 11) is -2.99. The average molecular weight is 249 g/mol. The summed E-state index contributed by atoms with van der Waals surface area (Å²) in [6.45, 7) is 5.21. The van der Waals surface area contributed by atoms with E-state index in [0.717, 1.165) is 12.8 Å². The highest BCUT2D eigenvalue weighted by Crippen LogP contribution is 2.21. The van der Waals surface area contributed by atoms with Crippen molar-refractivity contribution in [3.63, 3.8) is 0 Å². The number of sulfone groups is 1. The minimum absolute atomic E-state index is 0.0778. The molecule has 0 aliphatic carbocycles. The summed E-state index contributed by atoms with van der Waals surface area (Å²) in [6.07, 6.45) is 2.40. The second-order valence-electron chi connectivity index (χ2n) is 5.37. The first-order chi connectivity index (χ1) is 7.35. The number of hydrogen-bond acceptors (Lipinski definition) is 4. The van der Waals surface area contributed by atoms with Gasteiger partial charge in [0.25, 0.3) is 0 Å². The van der Waals surface area contributed by atoms with Crippen LogP contribution in [0.5, 0.6) is 0 Å². The molecule has 0 aromatic carbocycles. The van der Waals surface area contributed by atoms with Crippen molar-refractivity contribution in [2.75, 3.05) is 24.7 Å². The van der Waals surface area contributed by atoms with Crippen molar-refractivity contribution >= 4 is 9.84 Å². The molecule has 0 bridgehead atoms. The molecule has 1 rings (SSSR count). The van der Waals surface area contributed by atoms with Gasteiger partial charge in [0.2, 0.25) is 0 Å². The SMILES string of the molecule is CC(C)(CN)CCS(=O)(=O)CC1CCCO1. The zero-order valence-electron chi connectivity index (χ0n) is 10.2. The van der Waals surface area contributed by atoms with Crippen LogP contribution in [0.25, 0.3) is 0 Å². The molecule has 96 valence electrons. The van der Waals surface area contributed by atoms with Gasteiger partial charge in [0, 0.05) is 6.61 Å². The molecule has 0 radical (unpaired) electrons. The first-order valence-electron chi connectivity index (χ1n) is 5.87. The Morgan fingerprint density at radius 3 is 2.62 bits per heavy atom. The molecular formula is C11H23NO3S. The van der Waals surface area contributed by atoms with Crippen LogP contribution in [0, 0.1) is 5.41 Å². The van der Waals surface area contributed by atoms with E-state index in [2.05, 4.69) is 0 Å². The third-order valence-electron chi connectivity index (χ3n) is 3.11. The Bertz CT molecular complexity index is 305. The van der Waals surface area contributed by atoms with Crippen LogP contribution in [-0.2, 0) is 14.6 Å². The Labute approximate surface area is 98.5 Å². The molecule has 0 aromatic heterocycles. The maximum absolute atomic E-state index is 11.8. The van der Waals surface area contributed by atoms with E-state index in [1.165, 1.54) is 0 Å². The molecule has 0 amide bonds. The van der Waals surface area contributed by atoms with E-state index < -0.39 is 9.84 Å². The van der Waals surface area contributed by atoms with Crippen molar-refractivity contribution in [3.8, 4) is 0 Å². The summed E-state index contributed by atoms with van der Waals surface area (Å²) in [5, 5.41) is 0. The van der Waals surface area contributed by atoms with Gasteiger partial charge >= 0.3 is 0 Å². The fourth-order valence-electron chi connectivity index (χ4n) is 1.68. The van der Waals surface area contributed by atoms with Gasteiger partial charge in [-0.05, 0) is 31.2 Å². The van der Waals surface area contributed by atoms with Gasteiger partial charge in [0.1, 0.15) is 0 Å². The molecule has 1 unspecified atom stereocenters. The normalized spacial score (nSPS) is 22.6. The highest BCUT2D eigenvalue weighted by Gasteiger charge is 2.25. The van der Waals surface area contributed by atoms with Crippen LogP contribution in [0.3, 0.4) is 0 Å². The molecule has 5 heteroatoms. The molecule has 1 saturated heterocycles. The maximum atomic E-state index is 11.8. The molecule has 16 heavy (non-hydrogen) atoms. The average Bonchev–Trinajstić information content (AvgIpc) is 2.67. The Balaban J connectivity index is 2.39. The van der Waals surface area contributed by atoms with Gasteiger partial charge in [0.05, 0.1) is 17.6 Å². The first kappa shape index (κ1) is 13.9. The van der Waals surface area contributed by atoms with E-state index >= 15 is 0 Å². The molecule has 0 aromatic rings. The van der Waals surface area contributed by atoms with Gasteiger partial charge in [-0.1, -0.05) is 13.8 Å². The molecule has 1 aliphatic rings. The Hall–Kier alpha value is -0.130. The van der Waals surface area contributed by atoms with Crippen molar-refractivity contribution in [2.45, 2.75) is 39.2 Å². The van der Waals surface area contributed by atoms with Crippen molar-refractivity contribution in [2.24, 2.45) is 11.1 Å². The van der Waals surface area contributed by atoms with E-state index in [1.54, 1.807) is 0 Å². The molecular weight excluding hydrogens is 226 g/mol. The van der Waals surface area contributed by atoms with Crippen molar-refractivity contribution in [1.29, 1.82) is 0 Å². The van der Waals surface area contributed by atoms with E-state index in [9.17, 15) is 8.42 Å². The van der Waals surface area contributed by atoms with E-state index in [-0.39, 0.29) is 23.0 Å². The Morgan fingerprint density at radius 1 is 1.44 bits per heavy atom. The Kier molecular flexibility index (Phi) is 4.76. The minimum atomic E-state index is -2.99. The standard InChI is InChI=1S/C11H23NO3S/c1-11(2,9-12)5-7-16(13,14)8-10-4-3-6-15-10/h10H,3-9,12H2,1-2H3. The van der Waals surface area contributed by atoms with Crippen LogP contribution in [0.2, 0.25) is 0 Å². The second kappa shape index (κ2) is 5.47. The maximum Gasteiger partial charge on any atom is 0.152 e. The third-order valence-corrected chi connectivity index (χ3v) is 4.81. The lowest BCUT2D eigenvalue weighted by Gasteiger charge is -2.22. The summed E-state index contributed by atoms with van der Waals surface area (Å²) in [5.74, 6) is 0.394. The lowest BCUT2D eigenvalue weighted by Crippen LogP contribution is -2.29. The van der Waals surface area contributed by atoms with Gasteiger partial charge in [-0.15, -0.1) is 0 Å². The smallest absolute Gasteiger partial charge is 0.152 e. The molecule has 2 N–H and O–H groups in total. The van der Waals surface area contributed by atoms with Crippen molar-refractivity contribution < 1.29 is 13.2 Å². The Morgan fingerprint density at radius 2 is 2.12 bits per heavy atom. The lowest BCUT2D eigenvalue weighted by atomic mass is 9.91. The summed E-state index contributed by atoms with van der Waals surface area (Å²) >= 11 is 0. The monoisotopic (exact) mass is 249 g/mol. The van der Waals surface area contributed by atoms with Gasteiger partial charge < -0.3 is 10.5 Å². The highest BCUT2D eigenvalue weighted by molar-refractivity contribution is 7.91. The summed E-state index contributed by atoms with van der Waals surface area (Å²) in [6, 6.07) is 0. The second-order valence-corrected chi connectivity index (χ2v) is 7.60. The van der Waals surface area contributed by atoms with Crippen LogP contribution >= 0.6 is 0 Å². The summed E-state index contributed by atoms with van der Waals surface area (Å²) in [5.41, 5.74) is 5.49. The van der Waals surface area contributed by atoms with Gasteiger partial charge in [-0.25, -0.2) is 8.42 Å². The van der Waals surface area contributed by atoms with E-state index in [0.29, 0.717) is 19.6 Å². The number of hydrogen-bond donors (Lipinski definition) is 1. The molecule has 0 spiro atoms. The first-order valence-corrected chi connectivity index (χ1v) is 7.69. The van der Waals surface area contributed by atoms with Crippen molar-refractivity contribution in [3.05, 3.63) is 0 Å². The summed E-state index contributed by atoms with van der Waals surface area (Å²) < 4.78 is 29.0. The lowest BCUT2D eigenvalue weighted by molar-refractivity contribution is 0.127. The molecule has 0 saturated carbocycles. The molecule has 1 heterocycles. The van der Waals surface area contributed by atoms with E-state index in [1.807, 2.05) is 13.8 Å². The zero-order chi connectivity index (χ0) is 12.2. The molecule has 4 nitrogen and oxygen atoms in total. The van der Waals surface area contributed by atoms with Crippen LogP contribution in [-0.4, -0.2) is 39.2 Å². The van der Waals surface area contributed by atoms with Gasteiger partial charge in [-0.2, -0.15) is 0 Å². The van der Waals surface area contributed by atoms with Gasteiger partial charge in [0.15, 0.2) is 9.84 Å². The fraction of sp³-hybridized carbons (Fsp3) is 1.00. The zero-order valence-corrected chi connectivity index (χ0v) is 11.1. The predicted octanol–water partition coefficient (Wildman–Crippen LogP) is 0.955. The van der Waals surface area contributed by atoms with Crippen LogP contribution in [0.1, 0.15) is 33.1 Å². The fourth-order valence-corrected chi connectivity index (χ4v) is 3.54. The number of nitrogens with two attached hydrogens (primary N) is 1.